The number of benzene rings is 1. The van der Waals surface area contributed by atoms with E-state index in [-0.39, 0.29) is 10.8 Å². The third kappa shape index (κ3) is 2.66. The molecule has 0 amide bonds. The van der Waals surface area contributed by atoms with Crippen LogP contribution < -0.4 is 4.74 Å². The number of hydrogen-bond acceptors (Lipinski definition) is 2. The molecular weight excluding hydrogens is 211 g/mol. The standard InChI is InChI=1S/C9H4Cl2O2/c1-2-9(12)13-8-4-3-6(10)5-7(8)11/h1,3-5H. The molecule has 0 atom stereocenters. The Balaban J connectivity index is 2.91. The Morgan fingerprint density at radius 2 is 2.15 bits per heavy atom. The first-order valence-electron chi connectivity index (χ1n) is 3.27. The zero-order valence-corrected chi connectivity index (χ0v) is 7.89. The van der Waals surface area contributed by atoms with Crippen molar-refractivity contribution in [2.45, 2.75) is 0 Å². The van der Waals surface area contributed by atoms with Gasteiger partial charge < -0.3 is 4.74 Å². The summed E-state index contributed by atoms with van der Waals surface area (Å²) in [4.78, 5) is 10.7. The summed E-state index contributed by atoms with van der Waals surface area (Å²) >= 11 is 11.3. The molecule has 0 aliphatic rings. The third-order valence-corrected chi connectivity index (χ3v) is 1.74. The lowest BCUT2D eigenvalue weighted by atomic mass is 10.3. The summed E-state index contributed by atoms with van der Waals surface area (Å²) in [6, 6.07) is 4.48. The van der Waals surface area contributed by atoms with Gasteiger partial charge in [-0.25, -0.2) is 4.79 Å². The van der Waals surface area contributed by atoms with E-state index < -0.39 is 5.97 Å². The van der Waals surface area contributed by atoms with Crippen LogP contribution in [0, 0.1) is 12.3 Å². The van der Waals surface area contributed by atoms with Gasteiger partial charge in [0.15, 0.2) is 5.75 Å². The van der Waals surface area contributed by atoms with Crippen LogP contribution in [0.25, 0.3) is 0 Å². The van der Waals surface area contributed by atoms with Crippen molar-refractivity contribution in [3.63, 3.8) is 0 Å². The highest BCUT2D eigenvalue weighted by Crippen LogP contribution is 2.27. The summed E-state index contributed by atoms with van der Waals surface area (Å²) in [5, 5.41) is 0.710. The highest BCUT2D eigenvalue weighted by molar-refractivity contribution is 6.35. The molecule has 0 unspecified atom stereocenters. The molecule has 0 spiro atoms. The second-order valence-corrected chi connectivity index (χ2v) is 2.95. The molecule has 2 nitrogen and oxygen atoms in total. The first-order chi connectivity index (χ1) is 6.13. The average molecular weight is 215 g/mol. The first-order valence-corrected chi connectivity index (χ1v) is 4.02. The molecule has 0 saturated heterocycles. The Labute approximate surface area is 85.4 Å². The van der Waals surface area contributed by atoms with E-state index in [4.69, 9.17) is 29.6 Å². The van der Waals surface area contributed by atoms with Crippen LogP contribution >= 0.6 is 23.2 Å². The van der Waals surface area contributed by atoms with Crippen molar-refractivity contribution in [1.29, 1.82) is 0 Å². The van der Waals surface area contributed by atoms with Crippen molar-refractivity contribution in [2.24, 2.45) is 0 Å². The predicted molar refractivity (Wildman–Crippen MR) is 50.9 cm³/mol. The Hall–Kier alpha value is -1.17. The van der Waals surface area contributed by atoms with Crippen molar-refractivity contribution < 1.29 is 9.53 Å². The van der Waals surface area contributed by atoms with Gasteiger partial charge in [0.05, 0.1) is 5.02 Å². The molecule has 1 aromatic carbocycles. The Bertz CT molecular complexity index is 380. The maximum absolute atomic E-state index is 10.7. The Morgan fingerprint density at radius 3 is 2.69 bits per heavy atom. The number of halogens is 2. The molecule has 0 aliphatic heterocycles. The number of terminal acetylenes is 1. The van der Waals surface area contributed by atoms with Crippen molar-refractivity contribution in [3.05, 3.63) is 28.2 Å². The van der Waals surface area contributed by atoms with E-state index in [1.165, 1.54) is 12.1 Å². The van der Waals surface area contributed by atoms with Gasteiger partial charge in [-0.2, -0.15) is 0 Å². The summed E-state index contributed by atoms with van der Waals surface area (Å²) in [6.45, 7) is 0. The second kappa shape index (κ2) is 4.18. The molecule has 1 aromatic rings. The summed E-state index contributed by atoms with van der Waals surface area (Å²) < 4.78 is 4.68. The smallest absolute Gasteiger partial charge is 0.389 e. The van der Waals surface area contributed by atoms with E-state index in [9.17, 15) is 4.79 Å². The average Bonchev–Trinajstić information content (AvgIpc) is 2.09. The summed E-state index contributed by atoms with van der Waals surface area (Å²) in [6.07, 6.45) is 4.81. The van der Waals surface area contributed by atoms with Gasteiger partial charge in [-0.15, -0.1) is 6.42 Å². The lowest BCUT2D eigenvalue weighted by molar-refractivity contribution is -0.128. The van der Waals surface area contributed by atoms with Crippen LogP contribution in [0.5, 0.6) is 5.75 Å². The SMILES string of the molecule is C#CC(=O)Oc1ccc(Cl)cc1Cl. The fraction of sp³-hybridized carbons (Fsp3) is 0. The van der Waals surface area contributed by atoms with Gasteiger partial charge in [-0.1, -0.05) is 23.2 Å². The van der Waals surface area contributed by atoms with Crippen LogP contribution in [-0.2, 0) is 4.79 Å². The lowest BCUT2D eigenvalue weighted by Gasteiger charge is -2.02. The quantitative estimate of drug-likeness (QED) is 0.311. The van der Waals surface area contributed by atoms with Crippen LogP contribution in [0.1, 0.15) is 0 Å². The topological polar surface area (TPSA) is 26.3 Å². The van der Waals surface area contributed by atoms with Gasteiger partial charge in [-0.3, -0.25) is 0 Å². The number of carbonyl (C=O) groups excluding carboxylic acids is 1. The minimum Gasteiger partial charge on any atom is -0.415 e. The number of hydrogen-bond donors (Lipinski definition) is 0. The van der Waals surface area contributed by atoms with E-state index in [1.807, 2.05) is 0 Å². The molecule has 0 bridgehead atoms. The zero-order chi connectivity index (χ0) is 9.84. The maximum atomic E-state index is 10.7. The fourth-order valence-electron chi connectivity index (χ4n) is 0.687. The largest absolute Gasteiger partial charge is 0.415 e. The zero-order valence-electron chi connectivity index (χ0n) is 6.38. The van der Waals surface area contributed by atoms with Gasteiger partial charge in [0.25, 0.3) is 0 Å². The van der Waals surface area contributed by atoms with E-state index in [1.54, 1.807) is 12.0 Å². The van der Waals surface area contributed by atoms with Gasteiger partial charge >= 0.3 is 5.97 Å². The van der Waals surface area contributed by atoms with Gasteiger partial charge in [-0.05, 0) is 18.2 Å². The Morgan fingerprint density at radius 1 is 1.46 bits per heavy atom. The number of carbonyl (C=O) groups is 1. The maximum Gasteiger partial charge on any atom is 0.389 e. The first kappa shape index (κ1) is 9.91. The van der Waals surface area contributed by atoms with Crippen molar-refractivity contribution in [1.82, 2.24) is 0 Å². The second-order valence-electron chi connectivity index (χ2n) is 2.11. The number of esters is 1. The highest BCUT2D eigenvalue weighted by atomic mass is 35.5. The van der Waals surface area contributed by atoms with Gasteiger partial charge in [0, 0.05) is 10.9 Å². The number of ether oxygens (including phenoxy) is 1. The normalized spacial score (nSPS) is 9.00. The lowest BCUT2D eigenvalue weighted by Crippen LogP contribution is -2.03. The summed E-state index contributed by atoms with van der Waals surface area (Å²) in [5.74, 6) is 1.22. The molecule has 0 heterocycles. The van der Waals surface area contributed by atoms with Crippen LogP contribution in [0.3, 0.4) is 0 Å². The molecule has 1 rings (SSSR count). The van der Waals surface area contributed by atoms with Gasteiger partial charge in [0.2, 0.25) is 0 Å². The van der Waals surface area contributed by atoms with Crippen molar-refractivity contribution in [3.8, 4) is 18.1 Å². The van der Waals surface area contributed by atoms with Crippen molar-refractivity contribution >= 4 is 29.2 Å². The highest BCUT2D eigenvalue weighted by Gasteiger charge is 2.05. The predicted octanol–water partition coefficient (Wildman–Crippen LogP) is 2.53. The minimum absolute atomic E-state index is 0.203. The molecule has 13 heavy (non-hydrogen) atoms. The van der Waals surface area contributed by atoms with Crippen molar-refractivity contribution in [2.75, 3.05) is 0 Å². The van der Waals surface area contributed by atoms with Crippen LogP contribution in [0.4, 0.5) is 0 Å². The monoisotopic (exact) mass is 214 g/mol. The van der Waals surface area contributed by atoms with Gasteiger partial charge in [0.1, 0.15) is 0 Å². The van der Waals surface area contributed by atoms with E-state index in [0.29, 0.717) is 5.02 Å². The molecule has 0 aromatic heterocycles. The summed E-state index contributed by atoms with van der Waals surface area (Å²) in [5.41, 5.74) is 0. The van der Waals surface area contributed by atoms with E-state index in [0.717, 1.165) is 0 Å². The Kier molecular flexibility index (Phi) is 3.18. The molecule has 0 aliphatic carbocycles. The van der Waals surface area contributed by atoms with E-state index in [2.05, 4.69) is 4.74 Å². The number of rotatable bonds is 1. The summed E-state index contributed by atoms with van der Waals surface area (Å²) in [7, 11) is 0. The van der Waals surface area contributed by atoms with E-state index >= 15 is 0 Å². The molecule has 4 heteroatoms. The molecule has 66 valence electrons. The molecule has 0 N–H and O–H groups in total. The molecule has 0 fully saturated rings. The third-order valence-electron chi connectivity index (χ3n) is 1.21. The molecular formula is C9H4Cl2O2. The van der Waals surface area contributed by atoms with Crippen LogP contribution in [0.15, 0.2) is 18.2 Å². The minimum atomic E-state index is -0.788. The van der Waals surface area contributed by atoms with Crippen LogP contribution in [0.2, 0.25) is 10.0 Å². The fourth-order valence-corrected chi connectivity index (χ4v) is 1.13. The molecule has 0 radical (unpaired) electrons. The molecule has 0 saturated carbocycles. The van der Waals surface area contributed by atoms with Crippen LogP contribution in [-0.4, -0.2) is 5.97 Å².